The van der Waals surface area contributed by atoms with Crippen molar-refractivity contribution in [2.45, 2.75) is 32.8 Å². The van der Waals surface area contributed by atoms with E-state index in [0.717, 1.165) is 6.42 Å². The van der Waals surface area contributed by atoms with Crippen LogP contribution in [0.3, 0.4) is 0 Å². The number of nitriles is 1. The highest BCUT2D eigenvalue weighted by Gasteiger charge is 2.25. The van der Waals surface area contributed by atoms with E-state index >= 15 is 0 Å². The second-order valence-electron chi connectivity index (χ2n) is 7.58. The summed E-state index contributed by atoms with van der Waals surface area (Å²) in [6.45, 7) is 7.96. The van der Waals surface area contributed by atoms with Crippen LogP contribution in [0.5, 0.6) is 0 Å². The highest BCUT2D eigenvalue weighted by Crippen LogP contribution is 2.24. The summed E-state index contributed by atoms with van der Waals surface area (Å²) in [5.41, 5.74) is 1.29. The van der Waals surface area contributed by atoms with Gasteiger partial charge in [0.05, 0.1) is 17.5 Å². The predicted octanol–water partition coefficient (Wildman–Crippen LogP) is 2.86. The van der Waals surface area contributed by atoms with Gasteiger partial charge < -0.3 is 14.5 Å². The van der Waals surface area contributed by atoms with Crippen molar-refractivity contribution in [3.8, 4) is 17.5 Å². The van der Waals surface area contributed by atoms with E-state index in [1.807, 2.05) is 25.7 Å². The van der Waals surface area contributed by atoms with E-state index in [-0.39, 0.29) is 6.09 Å². The van der Waals surface area contributed by atoms with Crippen molar-refractivity contribution in [1.29, 1.82) is 5.26 Å². The predicted molar refractivity (Wildman–Crippen MR) is 105 cm³/mol. The summed E-state index contributed by atoms with van der Waals surface area (Å²) < 4.78 is 5.48. The number of nitrogens with zero attached hydrogens (tertiary/aromatic N) is 6. The summed E-state index contributed by atoms with van der Waals surface area (Å²) in [5, 5.41) is 9.52. The number of carbonyl (C=O) groups is 1. The fraction of sp³-hybridized carbons (Fsp3) is 0.450. The third-order valence-corrected chi connectivity index (χ3v) is 4.27. The zero-order chi connectivity index (χ0) is 20.1. The lowest BCUT2D eigenvalue weighted by Crippen LogP contribution is -2.39. The quantitative estimate of drug-likeness (QED) is 0.790. The molecule has 0 atom stereocenters. The van der Waals surface area contributed by atoms with E-state index in [4.69, 9.17) is 4.74 Å². The molecule has 8 heteroatoms. The zero-order valence-electron chi connectivity index (χ0n) is 16.4. The Morgan fingerprint density at radius 2 is 1.96 bits per heavy atom. The summed E-state index contributed by atoms with van der Waals surface area (Å²) >= 11 is 0. The number of hydrogen-bond donors (Lipinski definition) is 0. The SMILES string of the molecule is CC(C)(C)OC(=O)N1CCCN(c2nc(-c3cnccn3)ccc2C#N)CC1. The molecular weight excluding hydrogens is 356 g/mol. The third-order valence-electron chi connectivity index (χ3n) is 4.27. The monoisotopic (exact) mass is 380 g/mol. The van der Waals surface area contributed by atoms with Crippen LogP contribution in [0.2, 0.25) is 0 Å². The lowest BCUT2D eigenvalue weighted by Gasteiger charge is -2.27. The van der Waals surface area contributed by atoms with Crippen LogP contribution in [0.15, 0.2) is 30.7 Å². The third kappa shape index (κ3) is 4.74. The molecule has 8 nitrogen and oxygen atoms in total. The Labute approximate surface area is 164 Å². The Bertz CT molecular complexity index is 873. The van der Waals surface area contributed by atoms with Crippen molar-refractivity contribution < 1.29 is 9.53 Å². The molecular formula is C20H24N6O2. The normalized spacial score (nSPS) is 14.9. The molecule has 0 aliphatic carbocycles. The van der Waals surface area contributed by atoms with E-state index in [1.165, 1.54) is 0 Å². The fourth-order valence-electron chi connectivity index (χ4n) is 2.99. The van der Waals surface area contributed by atoms with Gasteiger partial charge in [-0.15, -0.1) is 0 Å². The van der Waals surface area contributed by atoms with Gasteiger partial charge in [0.1, 0.15) is 23.2 Å². The molecule has 28 heavy (non-hydrogen) atoms. The van der Waals surface area contributed by atoms with Crippen LogP contribution in [0.4, 0.5) is 10.6 Å². The van der Waals surface area contributed by atoms with Crippen molar-refractivity contribution in [1.82, 2.24) is 19.9 Å². The molecule has 0 aromatic carbocycles. The van der Waals surface area contributed by atoms with Gasteiger partial charge in [0.25, 0.3) is 0 Å². The van der Waals surface area contributed by atoms with Crippen molar-refractivity contribution in [2.24, 2.45) is 0 Å². The summed E-state index contributed by atoms with van der Waals surface area (Å²) in [6.07, 6.45) is 5.32. The number of ether oxygens (including phenoxy) is 1. The molecule has 146 valence electrons. The average molecular weight is 380 g/mol. The highest BCUT2D eigenvalue weighted by atomic mass is 16.6. The average Bonchev–Trinajstić information content (AvgIpc) is 2.93. The van der Waals surface area contributed by atoms with E-state index in [0.29, 0.717) is 48.9 Å². The number of pyridine rings is 1. The first kappa shape index (κ1) is 19.5. The summed E-state index contributed by atoms with van der Waals surface area (Å²) in [5.74, 6) is 0.608. The van der Waals surface area contributed by atoms with Crippen molar-refractivity contribution in [3.05, 3.63) is 36.3 Å². The van der Waals surface area contributed by atoms with Crippen LogP contribution in [0.1, 0.15) is 32.8 Å². The van der Waals surface area contributed by atoms with E-state index in [9.17, 15) is 10.1 Å². The second kappa shape index (κ2) is 8.21. The fourth-order valence-corrected chi connectivity index (χ4v) is 2.99. The molecule has 0 unspecified atom stereocenters. The van der Waals surface area contributed by atoms with Crippen LogP contribution in [-0.2, 0) is 4.74 Å². The Morgan fingerprint density at radius 1 is 1.14 bits per heavy atom. The molecule has 0 radical (unpaired) electrons. The van der Waals surface area contributed by atoms with Gasteiger partial charge in [0.15, 0.2) is 0 Å². The number of rotatable bonds is 2. The van der Waals surface area contributed by atoms with Crippen molar-refractivity contribution in [3.63, 3.8) is 0 Å². The second-order valence-corrected chi connectivity index (χ2v) is 7.58. The molecule has 1 saturated heterocycles. The van der Waals surface area contributed by atoms with Crippen LogP contribution in [0.25, 0.3) is 11.4 Å². The summed E-state index contributed by atoms with van der Waals surface area (Å²) in [6, 6.07) is 5.74. The van der Waals surface area contributed by atoms with E-state index in [1.54, 1.807) is 35.6 Å². The molecule has 0 bridgehead atoms. The molecule has 3 heterocycles. The van der Waals surface area contributed by atoms with Crippen molar-refractivity contribution >= 4 is 11.9 Å². The lowest BCUT2D eigenvalue weighted by atomic mass is 10.2. The van der Waals surface area contributed by atoms with E-state index in [2.05, 4.69) is 21.0 Å². The maximum absolute atomic E-state index is 12.4. The first-order valence-electron chi connectivity index (χ1n) is 9.28. The minimum absolute atomic E-state index is 0.309. The Balaban J connectivity index is 1.80. The number of amides is 1. The van der Waals surface area contributed by atoms with Gasteiger partial charge in [-0.05, 0) is 39.3 Å². The first-order chi connectivity index (χ1) is 13.4. The van der Waals surface area contributed by atoms with Crippen LogP contribution >= 0.6 is 0 Å². The van der Waals surface area contributed by atoms with Gasteiger partial charge in [-0.3, -0.25) is 9.97 Å². The van der Waals surface area contributed by atoms with Gasteiger partial charge in [-0.1, -0.05) is 0 Å². The molecule has 2 aromatic rings. The molecule has 3 rings (SSSR count). The topological polar surface area (TPSA) is 95.2 Å². The summed E-state index contributed by atoms with van der Waals surface area (Å²) in [7, 11) is 0. The van der Waals surface area contributed by atoms with Gasteiger partial charge in [-0.2, -0.15) is 5.26 Å². The molecule has 0 spiro atoms. The molecule has 1 amide bonds. The Morgan fingerprint density at radius 3 is 2.64 bits per heavy atom. The molecule has 0 saturated carbocycles. The standard InChI is InChI=1S/C20H24N6O2/c1-20(2,3)28-19(27)26-10-4-9-25(11-12-26)18-15(13-21)5-6-16(24-18)17-14-22-7-8-23-17/h5-8,14H,4,9-12H2,1-3H3. The van der Waals surface area contributed by atoms with Crippen LogP contribution in [-0.4, -0.2) is 57.7 Å². The van der Waals surface area contributed by atoms with E-state index < -0.39 is 5.60 Å². The molecule has 2 aromatic heterocycles. The van der Waals surface area contributed by atoms with Gasteiger partial charge in [0, 0.05) is 38.6 Å². The van der Waals surface area contributed by atoms with Crippen LogP contribution in [0, 0.1) is 11.3 Å². The molecule has 1 fully saturated rings. The Kier molecular flexibility index (Phi) is 5.73. The molecule has 1 aliphatic rings. The van der Waals surface area contributed by atoms with Crippen LogP contribution < -0.4 is 4.90 Å². The minimum Gasteiger partial charge on any atom is -0.444 e. The van der Waals surface area contributed by atoms with Crippen molar-refractivity contribution in [2.75, 3.05) is 31.1 Å². The zero-order valence-corrected chi connectivity index (χ0v) is 16.4. The lowest BCUT2D eigenvalue weighted by molar-refractivity contribution is 0.0263. The first-order valence-corrected chi connectivity index (χ1v) is 9.28. The van der Waals surface area contributed by atoms with Gasteiger partial charge in [0.2, 0.25) is 0 Å². The summed E-state index contributed by atoms with van der Waals surface area (Å²) in [4.78, 5) is 29.2. The smallest absolute Gasteiger partial charge is 0.410 e. The maximum atomic E-state index is 12.4. The number of carbonyl (C=O) groups excluding carboxylic acids is 1. The molecule has 0 N–H and O–H groups in total. The molecule has 1 aliphatic heterocycles. The number of anilines is 1. The van der Waals surface area contributed by atoms with Gasteiger partial charge >= 0.3 is 6.09 Å². The number of hydrogen-bond acceptors (Lipinski definition) is 7. The largest absolute Gasteiger partial charge is 0.444 e. The Hall–Kier alpha value is -3.21. The van der Waals surface area contributed by atoms with Gasteiger partial charge in [-0.25, -0.2) is 9.78 Å². The maximum Gasteiger partial charge on any atom is 0.410 e. The minimum atomic E-state index is -0.524. The number of aromatic nitrogens is 3. The highest BCUT2D eigenvalue weighted by molar-refractivity contribution is 5.68.